The summed E-state index contributed by atoms with van der Waals surface area (Å²) in [6, 6.07) is 0. The molecule has 2 fully saturated rings. The van der Waals surface area contributed by atoms with Crippen molar-refractivity contribution in [2.24, 2.45) is 10.3 Å². The summed E-state index contributed by atoms with van der Waals surface area (Å²) < 4.78 is 9.70. The first-order valence-corrected chi connectivity index (χ1v) is 15.7. The predicted molar refractivity (Wildman–Crippen MR) is 142 cm³/mol. The van der Waals surface area contributed by atoms with Crippen LogP contribution in [0.2, 0.25) is 0 Å². The number of hydrogen-bond acceptors (Lipinski definition) is 10. The molecule has 32 heavy (non-hydrogen) atoms. The highest BCUT2D eigenvalue weighted by atomic mass is 32.2. The third kappa shape index (κ3) is 5.87. The quantitative estimate of drug-likeness (QED) is 0.140. The van der Waals surface area contributed by atoms with Crippen molar-refractivity contribution in [1.29, 1.82) is 0 Å². The van der Waals surface area contributed by atoms with E-state index in [1.165, 1.54) is 79.8 Å². The number of nitrogens with zero attached hydrogens (tertiary/aromatic N) is 4. The van der Waals surface area contributed by atoms with Crippen molar-refractivity contribution in [3.8, 4) is 0 Å². The van der Waals surface area contributed by atoms with Gasteiger partial charge in [0.25, 0.3) is 0 Å². The monoisotopic (exact) mass is 548 g/mol. The minimum atomic E-state index is 0.331. The number of thioether (sulfide) groups is 2. The fraction of sp³-hybridized carbons (Fsp3) is 0.600. The van der Waals surface area contributed by atoms with Gasteiger partial charge in [-0.05, 0) is 49.4 Å². The van der Waals surface area contributed by atoms with Crippen molar-refractivity contribution in [3.05, 3.63) is 17.7 Å². The second-order valence-electron chi connectivity index (χ2n) is 7.74. The van der Waals surface area contributed by atoms with Crippen LogP contribution in [0.4, 0.5) is 0 Å². The molecule has 2 aliphatic rings. The topological polar surface area (TPSA) is 71.2 Å². The normalized spacial score (nSPS) is 18.4. The molecule has 0 aliphatic carbocycles. The van der Waals surface area contributed by atoms with Gasteiger partial charge in [-0.15, -0.1) is 0 Å². The van der Waals surface area contributed by atoms with Gasteiger partial charge in [-0.25, -0.2) is 9.15 Å². The molecule has 4 heterocycles. The molecule has 2 N–H and O–H groups in total. The van der Waals surface area contributed by atoms with Crippen LogP contribution in [0.3, 0.4) is 0 Å². The third-order valence-electron chi connectivity index (χ3n) is 5.39. The van der Waals surface area contributed by atoms with Crippen LogP contribution >= 0.6 is 68.9 Å². The fourth-order valence-corrected chi connectivity index (χ4v) is 11.6. The summed E-state index contributed by atoms with van der Waals surface area (Å²) >= 11 is 9.83. The second kappa shape index (κ2) is 11.7. The zero-order valence-electron chi connectivity index (χ0n) is 18.2. The second-order valence-corrected chi connectivity index (χ2v) is 15.2. The van der Waals surface area contributed by atoms with Gasteiger partial charge in [0.15, 0.2) is 10.1 Å². The first-order valence-electron chi connectivity index (χ1n) is 10.8. The maximum atomic E-state index is 9.75. The molecule has 2 aromatic heterocycles. The lowest BCUT2D eigenvalue weighted by molar-refractivity contribution is 0.316. The molecule has 0 atom stereocenters. The highest BCUT2D eigenvalue weighted by molar-refractivity contribution is 8.26. The van der Waals surface area contributed by atoms with E-state index in [0.717, 1.165) is 34.6 Å². The SMILES string of the molecule is Cc1sc(=[N+]2CCCCC2)sc1SC(=N\O)/C(=N/O)Sc1sc(=[N+]2CCCCC2)sc1C. The van der Waals surface area contributed by atoms with Gasteiger partial charge in [0.05, 0.1) is 8.42 Å². The maximum absolute atomic E-state index is 9.75. The molecule has 0 aromatic carbocycles. The first-order chi connectivity index (χ1) is 15.6. The van der Waals surface area contributed by atoms with Gasteiger partial charge in [0.1, 0.15) is 26.2 Å². The van der Waals surface area contributed by atoms with E-state index in [0.29, 0.717) is 10.1 Å². The van der Waals surface area contributed by atoms with Gasteiger partial charge >= 0.3 is 7.97 Å². The summed E-state index contributed by atoms with van der Waals surface area (Å²) in [5.74, 6) is 0. The zero-order valence-corrected chi connectivity index (χ0v) is 23.1. The molecule has 4 rings (SSSR count). The van der Waals surface area contributed by atoms with E-state index < -0.39 is 0 Å². The molecule has 0 spiro atoms. The summed E-state index contributed by atoms with van der Waals surface area (Å²) in [5, 5.41) is 27.2. The summed E-state index contributed by atoms with van der Waals surface area (Å²) in [5.41, 5.74) is 0. The van der Waals surface area contributed by atoms with Crippen molar-refractivity contribution in [3.63, 3.8) is 0 Å². The molecule has 2 aromatic rings. The first kappa shape index (κ1) is 24.5. The van der Waals surface area contributed by atoms with E-state index in [9.17, 15) is 10.4 Å². The van der Waals surface area contributed by atoms with E-state index in [1.807, 2.05) is 0 Å². The molecule has 174 valence electrons. The molecule has 0 radical (unpaired) electrons. The number of aryl methyl sites for hydroxylation is 2. The molecule has 12 heteroatoms. The highest BCUT2D eigenvalue weighted by Crippen LogP contribution is 2.35. The van der Waals surface area contributed by atoms with Gasteiger partial charge in [0, 0.05) is 35.4 Å². The Morgan fingerprint density at radius 2 is 1.03 bits per heavy atom. The molecule has 2 aliphatic heterocycles. The van der Waals surface area contributed by atoms with Crippen molar-refractivity contribution >= 4 is 79.0 Å². The molecule has 0 amide bonds. The molecule has 2 saturated heterocycles. The van der Waals surface area contributed by atoms with Crippen molar-refractivity contribution in [1.82, 2.24) is 9.15 Å². The molecule has 0 unspecified atom stereocenters. The van der Waals surface area contributed by atoms with Gasteiger partial charge in [-0.1, -0.05) is 56.5 Å². The number of hydrogen-bond donors (Lipinski definition) is 2. The lowest BCUT2D eigenvalue weighted by atomic mass is 10.2. The summed E-state index contributed by atoms with van der Waals surface area (Å²) in [6.45, 7) is 8.64. The van der Waals surface area contributed by atoms with Gasteiger partial charge in [0.2, 0.25) is 0 Å². The zero-order chi connectivity index (χ0) is 22.5. The van der Waals surface area contributed by atoms with Crippen LogP contribution in [0, 0.1) is 13.8 Å². The Morgan fingerprint density at radius 3 is 1.38 bits per heavy atom. The molecule has 6 nitrogen and oxygen atoms in total. The lowest BCUT2D eigenvalue weighted by Crippen LogP contribution is -2.31. The van der Waals surface area contributed by atoms with Crippen molar-refractivity contribution < 1.29 is 10.4 Å². The predicted octanol–water partition coefficient (Wildman–Crippen LogP) is 4.92. The summed E-state index contributed by atoms with van der Waals surface area (Å²) in [7, 11) is 0. The Balaban J connectivity index is 1.54. The summed E-state index contributed by atoms with van der Waals surface area (Å²) in [4.78, 5) is 2.40. The largest absolute Gasteiger partial charge is 0.410 e. The standard InChI is InChI=1S/C20H26N4O2S6/c1-13-17(31-19(27-13)23-9-5-3-6-10-23)29-15(21-25)16(22-26)30-18-14(2)28-20(32-18)24-11-7-4-8-12-24/h3-12H2,1-2H3/p+2/b21-15-,22-16-. The van der Waals surface area contributed by atoms with E-state index in [2.05, 4.69) is 33.3 Å². The number of rotatable bonds is 2. The number of oxime groups is 2. The van der Waals surface area contributed by atoms with E-state index in [-0.39, 0.29) is 0 Å². The van der Waals surface area contributed by atoms with E-state index in [1.54, 1.807) is 45.3 Å². The molecular weight excluding hydrogens is 521 g/mol. The van der Waals surface area contributed by atoms with Crippen LogP contribution < -0.4 is 17.1 Å². The Kier molecular flexibility index (Phi) is 8.91. The lowest BCUT2D eigenvalue weighted by Gasteiger charge is -2.07. The smallest absolute Gasteiger partial charge is 0.315 e. The minimum Gasteiger partial charge on any atom is -0.410 e. The van der Waals surface area contributed by atoms with Gasteiger partial charge in [-0.3, -0.25) is 0 Å². The Labute approximate surface area is 212 Å². The van der Waals surface area contributed by atoms with Crippen LogP contribution in [-0.2, 0) is 0 Å². The average Bonchev–Trinajstić information content (AvgIpc) is 3.39. The molecule has 0 saturated carbocycles. The Morgan fingerprint density at radius 1 is 0.656 bits per heavy atom. The van der Waals surface area contributed by atoms with Crippen LogP contribution in [0.1, 0.15) is 48.3 Å². The van der Waals surface area contributed by atoms with Crippen molar-refractivity contribution in [2.45, 2.75) is 60.8 Å². The molecular formula is C20H28N4O2S6+2. The van der Waals surface area contributed by atoms with Crippen LogP contribution in [0.15, 0.2) is 18.7 Å². The highest BCUT2D eigenvalue weighted by Gasteiger charge is 2.23. The van der Waals surface area contributed by atoms with Gasteiger partial charge in [-0.2, -0.15) is 0 Å². The van der Waals surface area contributed by atoms with E-state index >= 15 is 0 Å². The number of piperidine rings is 2. The van der Waals surface area contributed by atoms with Crippen LogP contribution in [0.5, 0.6) is 0 Å². The third-order valence-corrected chi connectivity index (χ3v) is 13.7. The van der Waals surface area contributed by atoms with Crippen molar-refractivity contribution in [2.75, 3.05) is 26.2 Å². The fourth-order valence-electron chi connectivity index (χ4n) is 3.68. The van der Waals surface area contributed by atoms with Crippen LogP contribution in [0.25, 0.3) is 0 Å². The summed E-state index contributed by atoms with van der Waals surface area (Å²) in [6.07, 6.45) is 7.60. The minimum absolute atomic E-state index is 0.331. The maximum Gasteiger partial charge on any atom is 0.315 e. The van der Waals surface area contributed by atoms with Gasteiger partial charge < -0.3 is 10.4 Å². The average molecular weight is 549 g/mol. The van der Waals surface area contributed by atoms with Crippen LogP contribution in [-0.4, -0.2) is 46.7 Å². The Bertz CT molecular complexity index is 1050. The van der Waals surface area contributed by atoms with E-state index in [4.69, 9.17) is 0 Å². The Hall–Kier alpha value is -0.660. The molecule has 0 bridgehead atoms.